The number of hydrogen-bond acceptors (Lipinski definition) is 6. The van der Waals surface area contributed by atoms with Gasteiger partial charge in [-0.1, -0.05) is 5.21 Å². The zero-order chi connectivity index (χ0) is 12.8. The fraction of sp³-hybridized carbons (Fsp3) is 0.556. The van der Waals surface area contributed by atoms with Crippen molar-refractivity contribution in [3.63, 3.8) is 0 Å². The topological polar surface area (TPSA) is 112 Å². The molecule has 0 aliphatic heterocycles. The molecule has 1 rings (SSSR count). The maximum Gasteiger partial charge on any atom is 0.360 e. The van der Waals surface area contributed by atoms with Crippen molar-refractivity contribution in [3.8, 4) is 0 Å². The fourth-order valence-electron chi connectivity index (χ4n) is 1.31. The van der Waals surface area contributed by atoms with Crippen molar-refractivity contribution >= 4 is 11.9 Å². The molecule has 0 fully saturated rings. The van der Waals surface area contributed by atoms with Gasteiger partial charge in [-0.15, -0.1) is 5.10 Å². The molecule has 8 nitrogen and oxygen atoms in total. The Morgan fingerprint density at radius 2 is 2.24 bits per heavy atom. The second kappa shape index (κ2) is 5.94. The standard InChI is InChI=1S/C9H15N5O3/c1-11-7(15)5-14-6(3-4-10)8(12-13-14)9(16)17-2/h3-5,10H2,1-2H3,(H,11,15). The number of likely N-dealkylation sites (N-methyl/N-ethyl adjacent to an activating group) is 1. The molecule has 0 saturated carbocycles. The first-order valence-corrected chi connectivity index (χ1v) is 5.05. The van der Waals surface area contributed by atoms with Crippen LogP contribution in [0.15, 0.2) is 0 Å². The van der Waals surface area contributed by atoms with E-state index in [4.69, 9.17) is 5.73 Å². The average molecular weight is 241 g/mol. The van der Waals surface area contributed by atoms with Crippen molar-refractivity contribution in [1.29, 1.82) is 0 Å². The molecule has 0 bridgehead atoms. The minimum atomic E-state index is -0.586. The average Bonchev–Trinajstić information content (AvgIpc) is 2.72. The molecular weight excluding hydrogens is 226 g/mol. The van der Waals surface area contributed by atoms with Gasteiger partial charge in [0.25, 0.3) is 0 Å². The minimum absolute atomic E-state index is 0.00414. The lowest BCUT2D eigenvalue weighted by atomic mass is 10.2. The van der Waals surface area contributed by atoms with E-state index in [1.807, 2.05) is 0 Å². The Labute approximate surface area is 98.1 Å². The number of nitrogens with zero attached hydrogens (tertiary/aromatic N) is 3. The highest BCUT2D eigenvalue weighted by Gasteiger charge is 2.20. The summed E-state index contributed by atoms with van der Waals surface area (Å²) < 4.78 is 5.92. The summed E-state index contributed by atoms with van der Waals surface area (Å²) in [5.41, 5.74) is 6.04. The predicted molar refractivity (Wildman–Crippen MR) is 58.2 cm³/mol. The zero-order valence-electron chi connectivity index (χ0n) is 9.77. The van der Waals surface area contributed by atoms with Crippen LogP contribution in [0.25, 0.3) is 0 Å². The summed E-state index contributed by atoms with van der Waals surface area (Å²) >= 11 is 0. The highest BCUT2D eigenvalue weighted by Crippen LogP contribution is 2.07. The first-order valence-electron chi connectivity index (χ1n) is 5.05. The normalized spacial score (nSPS) is 10.1. The molecule has 3 N–H and O–H groups in total. The van der Waals surface area contributed by atoms with Gasteiger partial charge in [0.15, 0.2) is 5.69 Å². The van der Waals surface area contributed by atoms with Gasteiger partial charge in [0.2, 0.25) is 5.91 Å². The molecule has 17 heavy (non-hydrogen) atoms. The summed E-state index contributed by atoms with van der Waals surface area (Å²) in [6.07, 6.45) is 0.397. The first-order chi connectivity index (χ1) is 8.13. The number of methoxy groups -OCH3 is 1. The summed E-state index contributed by atoms with van der Waals surface area (Å²) in [5.74, 6) is -0.818. The molecule has 0 spiro atoms. The van der Waals surface area contributed by atoms with Crippen molar-refractivity contribution in [1.82, 2.24) is 20.3 Å². The smallest absolute Gasteiger partial charge is 0.360 e. The Morgan fingerprint density at radius 1 is 1.53 bits per heavy atom. The number of amides is 1. The van der Waals surface area contributed by atoms with E-state index in [2.05, 4.69) is 20.4 Å². The number of ether oxygens (including phenoxy) is 1. The first kappa shape index (κ1) is 13.1. The molecule has 1 aromatic rings. The Bertz CT molecular complexity index is 415. The van der Waals surface area contributed by atoms with Gasteiger partial charge in [0.05, 0.1) is 12.8 Å². The number of carbonyl (C=O) groups excluding carboxylic acids is 2. The van der Waals surface area contributed by atoms with E-state index < -0.39 is 5.97 Å². The van der Waals surface area contributed by atoms with Crippen molar-refractivity contribution in [2.75, 3.05) is 20.7 Å². The van der Waals surface area contributed by atoms with Crippen molar-refractivity contribution < 1.29 is 14.3 Å². The summed E-state index contributed by atoms with van der Waals surface area (Å²) in [4.78, 5) is 22.6. The van der Waals surface area contributed by atoms with Gasteiger partial charge in [-0.05, 0) is 6.54 Å². The molecule has 0 atom stereocenters. The van der Waals surface area contributed by atoms with E-state index in [1.165, 1.54) is 18.8 Å². The molecule has 0 radical (unpaired) electrons. The molecule has 94 valence electrons. The molecule has 0 aliphatic carbocycles. The lowest BCUT2D eigenvalue weighted by Gasteiger charge is -2.05. The van der Waals surface area contributed by atoms with Crippen molar-refractivity contribution in [2.24, 2.45) is 5.73 Å². The summed E-state index contributed by atoms with van der Waals surface area (Å²) in [7, 11) is 2.77. The number of rotatable bonds is 5. The van der Waals surface area contributed by atoms with Gasteiger partial charge < -0.3 is 15.8 Å². The van der Waals surface area contributed by atoms with Crippen LogP contribution in [-0.4, -0.2) is 47.6 Å². The largest absolute Gasteiger partial charge is 0.464 e. The lowest BCUT2D eigenvalue weighted by Crippen LogP contribution is -2.26. The predicted octanol–water partition coefficient (Wildman–Crippen LogP) is -1.69. The van der Waals surface area contributed by atoms with Crippen LogP contribution in [0, 0.1) is 0 Å². The van der Waals surface area contributed by atoms with E-state index in [9.17, 15) is 9.59 Å². The Morgan fingerprint density at radius 3 is 2.76 bits per heavy atom. The third-order valence-electron chi connectivity index (χ3n) is 2.17. The fourth-order valence-corrected chi connectivity index (χ4v) is 1.31. The molecule has 0 aliphatic rings. The second-order valence-electron chi connectivity index (χ2n) is 3.25. The number of carbonyl (C=O) groups is 2. The van der Waals surface area contributed by atoms with Crippen LogP contribution in [0.4, 0.5) is 0 Å². The number of hydrogen-bond donors (Lipinski definition) is 2. The highest BCUT2D eigenvalue weighted by molar-refractivity contribution is 5.88. The zero-order valence-corrected chi connectivity index (χ0v) is 9.77. The highest BCUT2D eigenvalue weighted by atomic mass is 16.5. The van der Waals surface area contributed by atoms with Crippen LogP contribution in [0.3, 0.4) is 0 Å². The van der Waals surface area contributed by atoms with Crippen LogP contribution in [0.1, 0.15) is 16.2 Å². The third-order valence-corrected chi connectivity index (χ3v) is 2.17. The second-order valence-corrected chi connectivity index (χ2v) is 3.25. The lowest BCUT2D eigenvalue weighted by molar-refractivity contribution is -0.121. The number of nitrogens with one attached hydrogen (secondary N) is 1. The molecule has 1 heterocycles. The van der Waals surface area contributed by atoms with E-state index in [1.54, 1.807) is 0 Å². The molecule has 8 heteroatoms. The maximum atomic E-state index is 11.4. The van der Waals surface area contributed by atoms with Crippen LogP contribution in [0.2, 0.25) is 0 Å². The van der Waals surface area contributed by atoms with Crippen LogP contribution >= 0.6 is 0 Å². The summed E-state index contributed by atoms with van der Waals surface area (Å²) in [6.45, 7) is 0.320. The number of nitrogens with two attached hydrogens (primary N) is 1. The summed E-state index contributed by atoms with van der Waals surface area (Å²) in [6, 6.07) is 0. The molecule has 0 unspecified atom stereocenters. The maximum absolute atomic E-state index is 11.4. The van der Waals surface area contributed by atoms with Gasteiger partial charge in [-0.2, -0.15) is 0 Å². The van der Waals surface area contributed by atoms with E-state index in [0.29, 0.717) is 18.7 Å². The molecule has 1 aromatic heterocycles. The molecule has 1 amide bonds. The van der Waals surface area contributed by atoms with E-state index >= 15 is 0 Å². The third kappa shape index (κ3) is 3.00. The van der Waals surface area contributed by atoms with Gasteiger partial charge >= 0.3 is 5.97 Å². The number of esters is 1. The van der Waals surface area contributed by atoms with E-state index in [0.717, 1.165) is 0 Å². The molecule has 0 saturated heterocycles. The SMILES string of the molecule is CNC(=O)Cn1nnc(C(=O)OC)c1CCN. The van der Waals surface area contributed by atoms with Gasteiger partial charge in [-0.3, -0.25) is 4.79 Å². The summed E-state index contributed by atoms with van der Waals surface area (Å²) in [5, 5.41) is 9.90. The van der Waals surface area contributed by atoms with Crippen LogP contribution in [0.5, 0.6) is 0 Å². The van der Waals surface area contributed by atoms with Gasteiger partial charge in [0.1, 0.15) is 6.54 Å². The van der Waals surface area contributed by atoms with Crippen LogP contribution < -0.4 is 11.1 Å². The Kier molecular flexibility index (Phi) is 4.58. The molecular formula is C9H15N5O3. The Hall–Kier alpha value is -1.96. The molecule has 0 aromatic carbocycles. The van der Waals surface area contributed by atoms with Gasteiger partial charge in [0, 0.05) is 13.5 Å². The van der Waals surface area contributed by atoms with Gasteiger partial charge in [-0.25, -0.2) is 9.48 Å². The Balaban J connectivity index is 3.01. The number of aromatic nitrogens is 3. The van der Waals surface area contributed by atoms with Crippen LogP contribution in [-0.2, 0) is 22.5 Å². The minimum Gasteiger partial charge on any atom is -0.464 e. The monoisotopic (exact) mass is 241 g/mol. The van der Waals surface area contributed by atoms with Crippen molar-refractivity contribution in [3.05, 3.63) is 11.4 Å². The van der Waals surface area contributed by atoms with Crippen molar-refractivity contribution in [2.45, 2.75) is 13.0 Å². The van der Waals surface area contributed by atoms with E-state index in [-0.39, 0.29) is 18.1 Å². The quantitative estimate of drug-likeness (QED) is 0.595.